The summed E-state index contributed by atoms with van der Waals surface area (Å²) >= 11 is 4.77. The molecule has 0 unspecified atom stereocenters. The van der Waals surface area contributed by atoms with Crippen molar-refractivity contribution in [1.29, 1.82) is 0 Å². The number of aromatic nitrogens is 4. The van der Waals surface area contributed by atoms with Crippen LogP contribution in [0.15, 0.2) is 40.0 Å². The number of thioether (sulfide) groups is 1. The minimum Gasteiger partial charge on any atom is -0.310 e. The van der Waals surface area contributed by atoms with Crippen LogP contribution in [0.3, 0.4) is 0 Å². The number of nitrogens with one attached hydrogen (secondary N) is 1. The Balaban J connectivity index is 1.77. The van der Waals surface area contributed by atoms with E-state index in [2.05, 4.69) is 36.3 Å². The molecule has 0 fully saturated rings. The van der Waals surface area contributed by atoms with Crippen LogP contribution in [0.5, 0.6) is 0 Å². The molecule has 1 aromatic carbocycles. The van der Waals surface area contributed by atoms with Gasteiger partial charge in [-0.25, -0.2) is 9.97 Å². The van der Waals surface area contributed by atoms with Crippen LogP contribution in [-0.4, -0.2) is 31.4 Å². The van der Waals surface area contributed by atoms with Gasteiger partial charge in [-0.3, -0.25) is 9.48 Å². The second-order valence-electron chi connectivity index (χ2n) is 6.21. The molecule has 0 aliphatic carbocycles. The van der Waals surface area contributed by atoms with Gasteiger partial charge in [0.15, 0.2) is 5.16 Å². The highest BCUT2D eigenvalue weighted by atomic mass is 79.9. The largest absolute Gasteiger partial charge is 0.310 e. The van der Waals surface area contributed by atoms with Crippen LogP contribution in [0, 0.1) is 20.8 Å². The fraction of sp³-hybridized carbons (Fsp3) is 0.263. The lowest BCUT2D eigenvalue weighted by molar-refractivity contribution is -0.113. The van der Waals surface area contributed by atoms with Gasteiger partial charge in [0.2, 0.25) is 5.91 Å². The first-order chi connectivity index (χ1) is 12.8. The zero-order valence-corrected chi connectivity index (χ0v) is 18.0. The number of nitrogens with zero attached hydrogens (tertiary/aromatic N) is 4. The Labute approximate surface area is 170 Å². The zero-order chi connectivity index (χ0) is 19.6. The molecule has 3 aromatic rings. The third-order valence-electron chi connectivity index (χ3n) is 3.91. The second kappa shape index (κ2) is 8.22. The summed E-state index contributed by atoms with van der Waals surface area (Å²) in [5, 5.41) is 8.06. The Bertz CT molecular complexity index is 964. The molecule has 0 saturated carbocycles. The highest BCUT2D eigenvalue weighted by molar-refractivity contribution is 9.10. The molecule has 2 heterocycles. The maximum absolute atomic E-state index is 12.5. The number of hydrogen-bond donors (Lipinski definition) is 1. The molecule has 27 heavy (non-hydrogen) atoms. The van der Waals surface area contributed by atoms with Gasteiger partial charge in [0.1, 0.15) is 5.82 Å². The quantitative estimate of drug-likeness (QED) is 0.468. The smallest absolute Gasteiger partial charge is 0.236 e. The Morgan fingerprint density at radius 1 is 1.15 bits per heavy atom. The summed E-state index contributed by atoms with van der Waals surface area (Å²) in [6, 6.07) is 9.86. The van der Waals surface area contributed by atoms with E-state index >= 15 is 0 Å². The summed E-state index contributed by atoms with van der Waals surface area (Å²) in [4.78, 5) is 21.2. The van der Waals surface area contributed by atoms with E-state index in [0.717, 1.165) is 32.7 Å². The molecule has 1 amide bonds. The van der Waals surface area contributed by atoms with Gasteiger partial charge in [-0.15, -0.1) is 0 Å². The molecule has 0 atom stereocenters. The van der Waals surface area contributed by atoms with E-state index < -0.39 is 0 Å². The van der Waals surface area contributed by atoms with Crippen molar-refractivity contribution in [3.8, 4) is 11.1 Å². The highest BCUT2D eigenvalue weighted by Crippen LogP contribution is 2.32. The van der Waals surface area contributed by atoms with Crippen molar-refractivity contribution in [2.45, 2.75) is 25.9 Å². The zero-order valence-electron chi connectivity index (χ0n) is 15.6. The van der Waals surface area contributed by atoms with E-state index in [4.69, 9.17) is 0 Å². The summed E-state index contributed by atoms with van der Waals surface area (Å²) < 4.78 is 2.70. The minimum absolute atomic E-state index is 0.121. The highest BCUT2D eigenvalue weighted by Gasteiger charge is 2.17. The maximum Gasteiger partial charge on any atom is 0.236 e. The fourth-order valence-electron chi connectivity index (χ4n) is 2.82. The summed E-state index contributed by atoms with van der Waals surface area (Å²) in [6.45, 7) is 5.77. The number of rotatable bonds is 5. The van der Waals surface area contributed by atoms with Crippen LogP contribution in [0.4, 0.5) is 5.82 Å². The first kappa shape index (κ1) is 19.6. The number of anilines is 1. The fourth-order valence-corrected chi connectivity index (χ4v) is 3.83. The van der Waals surface area contributed by atoms with Crippen LogP contribution < -0.4 is 5.32 Å². The predicted molar refractivity (Wildman–Crippen MR) is 112 cm³/mol. The van der Waals surface area contributed by atoms with Gasteiger partial charge in [0.25, 0.3) is 0 Å². The first-order valence-electron chi connectivity index (χ1n) is 8.38. The minimum atomic E-state index is -0.121. The van der Waals surface area contributed by atoms with Crippen LogP contribution in [-0.2, 0) is 11.8 Å². The molecule has 8 heteroatoms. The SMILES string of the molecule is Cc1cc(C)nc(SCC(=O)Nc2c(-c3ccc(Br)cc3)c(C)nn2C)n1. The predicted octanol–water partition coefficient (Wildman–Crippen LogP) is 4.30. The Hall–Kier alpha value is -2.19. The van der Waals surface area contributed by atoms with Crippen molar-refractivity contribution in [3.63, 3.8) is 0 Å². The third-order valence-corrected chi connectivity index (χ3v) is 5.28. The average Bonchev–Trinajstić information content (AvgIpc) is 2.87. The van der Waals surface area contributed by atoms with Crippen molar-refractivity contribution >= 4 is 39.4 Å². The van der Waals surface area contributed by atoms with E-state index in [-0.39, 0.29) is 11.7 Å². The van der Waals surface area contributed by atoms with Gasteiger partial charge >= 0.3 is 0 Å². The molecule has 140 valence electrons. The van der Waals surface area contributed by atoms with Gasteiger partial charge in [-0.1, -0.05) is 39.8 Å². The molecule has 0 spiro atoms. The van der Waals surface area contributed by atoms with E-state index in [1.807, 2.05) is 58.2 Å². The maximum atomic E-state index is 12.5. The van der Waals surface area contributed by atoms with Gasteiger partial charge in [-0.05, 0) is 44.5 Å². The van der Waals surface area contributed by atoms with Crippen molar-refractivity contribution in [1.82, 2.24) is 19.7 Å². The third kappa shape index (κ3) is 4.75. The molecule has 0 radical (unpaired) electrons. The number of halogens is 1. The molecule has 2 aromatic heterocycles. The topological polar surface area (TPSA) is 72.7 Å². The van der Waals surface area contributed by atoms with Crippen LogP contribution in [0.25, 0.3) is 11.1 Å². The lowest BCUT2D eigenvalue weighted by atomic mass is 10.1. The van der Waals surface area contributed by atoms with Gasteiger partial charge in [-0.2, -0.15) is 5.10 Å². The molecule has 3 rings (SSSR count). The molecule has 0 aliphatic rings. The lowest BCUT2D eigenvalue weighted by Gasteiger charge is -2.09. The molecular weight excluding hydrogens is 426 g/mol. The summed E-state index contributed by atoms with van der Waals surface area (Å²) in [6.07, 6.45) is 0. The van der Waals surface area contributed by atoms with Crippen molar-refractivity contribution in [2.75, 3.05) is 11.1 Å². The van der Waals surface area contributed by atoms with Crippen LogP contribution in [0.1, 0.15) is 17.1 Å². The van der Waals surface area contributed by atoms with Gasteiger partial charge < -0.3 is 5.32 Å². The summed E-state index contributed by atoms with van der Waals surface area (Å²) in [5.41, 5.74) is 4.58. The van der Waals surface area contributed by atoms with Crippen LogP contribution in [0.2, 0.25) is 0 Å². The van der Waals surface area contributed by atoms with Crippen molar-refractivity contribution in [3.05, 3.63) is 51.9 Å². The van der Waals surface area contributed by atoms with E-state index in [0.29, 0.717) is 11.0 Å². The second-order valence-corrected chi connectivity index (χ2v) is 8.07. The number of hydrogen-bond acceptors (Lipinski definition) is 5. The molecular formula is C19H20BrN5OS. The van der Waals surface area contributed by atoms with Crippen LogP contribution >= 0.6 is 27.7 Å². The molecule has 0 bridgehead atoms. The molecule has 6 nitrogen and oxygen atoms in total. The number of carbonyl (C=O) groups is 1. The lowest BCUT2D eigenvalue weighted by Crippen LogP contribution is -2.17. The number of amides is 1. The van der Waals surface area contributed by atoms with Crippen molar-refractivity contribution < 1.29 is 4.79 Å². The van der Waals surface area contributed by atoms with E-state index in [9.17, 15) is 4.79 Å². The number of aryl methyl sites for hydroxylation is 4. The van der Waals surface area contributed by atoms with E-state index in [1.54, 1.807) is 4.68 Å². The van der Waals surface area contributed by atoms with Crippen molar-refractivity contribution in [2.24, 2.45) is 7.05 Å². The summed E-state index contributed by atoms with van der Waals surface area (Å²) in [7, 11) is 1.82. The van der Waals surface area contributed by atoms with Gasteiger partial charge in [0.05, 0.1) is 11.4 Å². The molecule has 0 aliphatic heterocycles. The summed E-state index contributed by atoms with van der Waals surface area (Å²) in [5.74, 6) is 0.790. The Morgan fingerprint density at radius 2 is 1.78 bits per heavy atom. The Kier molecular flexibility index (Phi) is 5.96. The monoisotopic (exact) mass is 445 g/mol. The first-order valence-corrected chi connectivity index (χ1v) is 10.2. The normalized spacial score (nSPS) is 10.9. The van der Waals surface area contributed by atoms with E-state index in [1.165, 1.54) is 11.8 Å². The molecule has 0 saturated heterocycles. The standard InChI is InChI=1S/C19H20BrN5OS/c1-11-9-12(2)22-19(21-11)27-10-16(26)23-18-17(13(3)24-25(18)4)14-5-7-15(20)8-6-14/h5-9H,10H2,1-4H3,(H,23,26). The number of benzene rings is 1. The number of carbonyl (C=O) groups excluding carboxylic acids is 1. The molecule has 1 N–H and O–H groups in total. The Morgan fingerprint density at radius 3 is 2.41 bits per heavy atom. The van der Waals surface area contributed by atoms with Gasteiger partial charge in [0, 0.05) is 28.5 Å². The average molecular weight is 446 g/mol.